The Morgan fingerprint density at radius 3 is 2.30 bits per heavy atom. The molecule has 1 aromatic heterocycles. The molecule has 2 aliphatic heterocycles. The summed E-state index contributed by atoms with van der Waals surface area (Å²) in [4.78, 5) is 25.4. The monoisotopic (exact) mass is 524 g/mol. The number of hydrogen-bond donors (Lipinski definition) is 0. The zero-order valence-corrected chi connectivity index (χ0v) is 17.8. The van der Waals surface area contributed by atoms with Gasteiger partial charge in [-0.2, -0.15) is 0 Å². The Balaban J connectivity index is 1.30. The van der Waals surface area contributed by atoms with Gasteiger partial charge in [0.05, 0.1) is 22.8 Å². The number of halogens is 4. The molecule has 2 saturated heterocycles. The summed E-state index contributed by atoms with van der Waals surface area (Å²) in [5.41, 5.74) is 1.14. The zero-order valence-electron chi connectivity index (χ0n) is 15.7. The number of carbonyl (C=O) groups excluding carboxylic acids is 1. The minimum Gasteiger partial charge on any atom is -0.355 e. The molecule has 3 aromatic rings. The van der Waals surface area contributed by atoms with Gasteiger partial charge in [-0.3, -0.25) is 9.78 Å². The third-order valence-corrected chi connectivity index (χ3v) is 6.72. The van der Waals surface area contributed by atoms with Crippen LogP contribution in [0.25, 0.3) is 11.0 Å². The molecular weight excluding hydrogens is 508 g/mol. The van der Waals surface area contributed by atoms with Gasteiger partial charge in [-0.1, -0.05) is 0 Å². The number of amides is 1. The van der Waals surface area contributed by atoms with Crippen molar-refractivity contribution in [3.05, 3.63) is 63.1 Å². The minimum absolute atomic E-state index is 0.0802. The first-order valence-electron chi connectivity index (χ1n) is 9.50. The van der Waals surface area contributed by atoms with Crippen molar-refractivity contribution in [2.75, 3.05) is 31.1 Å². The lowest BCUT2D eigenvalue weighted by Crippen LogP contribution is -2.34. The van der Waals surface area contributed by atoms with Crippen LogP contribution in [0.15, 0.2) is 36.5 Å². The predicted molar refractivity (Wildman–Crippen MR) is 114 cm³/mol. The van der Waals surface area contributed by atoms with E-state index in [1.165, 1.54) is 18.2 Å². The summed E-state index contributed by atoms with van der Waals surface area (Å²) in [7, 11) is 0. The van der Waals surface area contributed by atoms with Crippen LogP contribution in [-0.2, 0) is 0 Å². The molecule has 2 aliphatic rings. The standard InChI is InChI=1S/C21H16F3IN4O/c22-13-1-2-14(17(25)3-13)21(30)29-9-11-7-28(8-12(11)10-29)20-6-26-18-4-15(23)16(24)5-19(18)27-20/h1-6,11-12H,7-10H2. The molecule has 5 nitrogen and oxygen atoms in total. The van der Waals surface area contributed by atoms with Crippen molar-refractivity contribution in [2.24, 2.45) is 11.8 Å². The van der Waals surface area contributed by atoms with E-state index in [2.05, 4.69) is 14.9 Å². The first-order chi connectivity index (χ1) is 14.4. The first kappa shape index (κ1) is 19.5. The van der Waals surface area contributed by atoms with Crippen molar-refractivity contribution in [3.8, 4) is 0 Å². The lowest BCUT2D eigenvalue weighted by atomic mass is 10.0. The van der Waals surface area contributed by atoms with Gasteiger partial charge in [0, 0.05) is 53.7 Å². The number of likely N-dealkylation sites (tertiary alicyclic amines) is 1. The third-order valence-electron chi connectivity index (χ3n) is 5.83. The van der Waals surface area contributed by atoms with Crippen LogP contribution >= 0.6 is 22.6 Å². The fourth-order valence-corrected chi connectivity index (χ4v) is 5.04. The molecule has 2 atom stereocenters. The lowest BCUT2D eigenvalue weighted by Gasteiger charge is -2.23. The highest BCUT2D eigenvalue weighted by atomic mass is 127. The van der Waals surface area contributed by atoms with E-state index in [0.29, 0.717) is 52.2 Å². The van der Waals surface area contributed by atoms with E-state index in [9.17, 15) is 18.0 Å². The van der Waals surface area contributed by atoms with Crippen LogP contribution in [0.5, 0.6) is 0 Å². The Hall–Kier alpha value is -2.43. The molecule has 2 aromatic carbocycles. The quantitative estimate of drug-likeness (QED) is 0.478. The number of aromatic nitrogens is 2. The number of hydrogen-bond acceptors (Lipinski definition) is 4. The Labute approximate surface area is 184 Å². The number of anilines is 1. The number of carbonyl (C=O) groups is 1. The molecule has 0 spiro atoms. The Bertz CT molecular complexity index is 1160. The van der Waals surface area contributed by atoms with E-state index >= 15 is 0 Å². The number of rotatable bonds is 2. The van der Waals surface area contributed by atoms with Gasteiger partial charge >= 0.3 is 0 Å². The molecule has 2 fully saturated rings. The Kier molecular flexibility index (Phi) is 4.79. The van der Waals surface area contributed by atoms with Crippen molar-refractivity contribution in [3.63, 3.8) is 0 Å². The maximum absolute atomic E-state index is 13.5. The topological polar surface area (TPSA) is 49.3 Å². The molecule has 0 N–H and O–H groups in total. The van der Waals surface area contributed by atoms with Crippen molar-refractivity contribution < 1.29 is 18.0 Å². The molecule has 0 saturated carbocycles. The minimum atomic E-state index is -0.947. The average molecular weight is 524 g/mol. The van der Waals surface area contributed by atoms with Crippen LogP contribution in [0.4, 0.5) is 19.0 Å². The fraction of sp³-hybridized carbons (Fsp3) is 0.286. The van der Waals surface area contributed by atoms with Crippen LogP contribution in [0.1, 0.15) is 10.4 Å². The third kappa shape index (κ3) is 3.38. The zero-order chi connectivity index (χ0) is 21.0. The molecule has 0 radical (unpaired) electrons. The van der Waals surface area contributed by atoms with Gasteiger partial charge < -0.3 is 9.80 Å². The smallest absolute Gasteiger partial charge is 0.254 e. The molecule has 2 unspecified atom stereocenters. The van der Waals surface area contributed by atoms with Crippen molar-refractivity contribution in [1.29, 1.82) is 0 Å². The van der Waals surface area contributed by atoms with Crippen molar-refractivity contribution >= 4 is 45.3 Å². The SMILES string of the molecule is O=C(c1ccc(F)cc1I)N1CC2CN(c3cnc4cc(F)c(F)cc4n3)CC2C1. The molecule has 3 heterocycles. The van der Waals surface area contributed by atoms with Crippen molar-refractivity contribution in [1.82, 2.24) is 14.9 Å². The molecule has 0 bridgehead atoms. The summed E-state index contributed by atoms with van der Waals surface area (Å²) in [6.45, 7) is 2.65. The van der Waals surface area contributed by atoms with Gasteiger partial charge in [-0.15, -0.1) is 0 Å². The summed E-state index contributed by atoms with van der Waals surface area (Å²) in [5, 5.41) is 0. The summed E-state index contributed by atoms with van der Waals surface area (Å²) < 4.78 is 40.8. The van der Waals surface area contributed by atoms with E-state index in [1.54, 1.807) is 6.20 Å². The molecule has 0 aliphatic carbocycles. The van der Waals surface area contributed by atoms with E-state index in [4.69, 9.17) is 0 Å². The molecule has 5 rings (SSSR count). The maximum atomic E-state index is 13.5. The summed E-state index contributed by atoms with van der Waals surface area (Å²) in [6.07, 6.45) is 1.57. The molecule has 9 heteroatoms. The van der Waals surface area contributed by atoms with E-state index in [-0.39, 0.29) is 23.6 Å². The highest BCUT2D eigenvalue weighted by molar-refractivity contribution is 14.1. The number of benzene rings is 2. The van der Waals surface area contributed by atoms with Gasteiger partial charge in [0.1, 0.15) is 11.6 Å². The van der Waals surface area contributed by atoms with Crippen LogP contribution in [0.2, 0.25) is 0 Å². The van der Waals surface area contributed by atoms with Crippen LogP contribution in [0.3, 0.4) is 0 Å². The van der Waals surface area contributed by atoms with Gasteiger partial charge in [0.2, 0.25) is 0 Å². The van der Waals surface area contributed by atoms with E-state index in [1.807, 2.05) is 27.5 Å². The second-order valence-electron chi connectivity index (χ2n) is 7.74. The molecule has 30 heavy (non-hydrogen) atoms. The molecular formula is C21H16F3IN4O. The summed E-state index contributed by atoms with van der Waals surface area (Å²) >= 11 is 1.98. The number of nitrogens with zero attached hydrogens (tertiary/aromatic N) is 4. The fourth-order valence-electron chi connectivity index (χ4n) is 4.33. The Morgan fingerprint density at radius 1 is 0.967 bits per heavy atom. The van der Waals surface area contributed by atoms with Gasteiger partial charge in [-0.05, 0) is 40.8 Å². The number of fused-ring (bicyclic) bond motifs is 2. The summed E-state index contributed by atoms with van der Waals surface area (Å²) in [6, 6.07) is 6.30. The predicted octanol–water partition coefficient (Wildman–Crippen LogP) is 3.86. The lowest BCUT2D eigenvalue weighted by molar-refractivity contribution is 0.0781. The second-order valence-corrected chi connectivity index (χ2v) is 8.90. The van der Waals surface area contributed by atoms with Gasteiger partial charge in [-0.25, -0.2) is 18.2 Å². The highest BCUT2D eigenvalue weighted by Crippen LogP contribution is 2.34. The van der Waals surface area contributed by atoms with Crippen LogP contribution < -0.4 is 4.90 Å². The maximum Gasteiger partial charge on any atom is 0.254 e. The van der Waals surface area contributed by atoms with Crippen LogP contribution in [0, 0.1) is 32.9 Å². The van der Waals surface area contributed by atoms with Gasteiger partial charge in [0.15, 0.2) is 11.6 Å². The van der Waals surface area contributed by atoms with Crippen molar-refractivity contribution in [2.45, 2.75) is 0 Å². The molecule has 1 amide bonds. The normalized spacial score (nSPS) is 20.8. The first-order valence-corrected chi connectivity index (χ1v) is 10.6. The van der Waals surface area contributed by atoms with Crippen LogP contribution in [-0.4, -0.2) is 47.0 Å². The summed E-state index contributed by atoms with van der Waals surface area (Å²) in [5.74, 6) is -1.14. The largest absolute Gasteiger partial charge is 0.355 e. The average Bonchev–Trinajstić information content (AvgIpc) is 3.27. The highest BCUT2D eigenvalue weighted by Gasteiger charge is 2.42. The van der Waals surface area contributed by atoms with E-state index < -0.39 is 11.6 Å². The van der Waals surface area contributed by atoms with Gasteiger partial charge in [0.25, 0.3) is 5.91 Å². The molecule has 154 valence electrons. The second kappa shape index (κ2) is 7.36. The van der Waals surface area contributed by atoms with E-state index in [0.717, 1.165) is 12.1 Å². The Morgan fingerprint density at radius 2 is 1.63 bits per heavy atom.